The van der Waals surface area contributed by atoms with Crippen LogP contribution in [0.3, 0.4) is 0 Å². The maximum Gasteiger partial charge on any atom is 0.280 e. The minimum absolute atomic E-state index is 0.0667. The fraction of sp³-hybridized carbons (Fsp3) is 0.592. The third kappa shape index (κ3) is 26.2. The molecule has 0 spiro atoms. The van der Waals surface area contributed by atoms with Crippen LogP contribution < -0.4 is 43.0 Å². The number of likely N-dealkylation sites (N-methyl/N-ethyl adjacent to an activating group) is 1. The van der Waals surface area contributed by atoms with E-state index in [9.17, 15) is 48.6 Å². The van der Waals surface area contributed by atoms with Gasteiger partial charge in [-0.05, 0) is 296 Å². The van der Waals surface area contributed by atoms with Crippen molar-refractivity contribution in [3.63, 3.8) is 0 Å². The molecule has 0 radical (unpaired) electrons. The Morgan fingerprint density at radius 1 is 0.414 bits per heavy atom. The summed E-state index contributed by atoms with van der Waals surface area (Å²) in [6.07, 6.45) is 18.0. The van der Waals surface area contributed by atoms with E-state index >= 15 is 0 Å². The largest absolute Gasteiger partial charge is 0.393 e. The molecule has 7 fully saturated rings. The average Bonchev–Trinajstić information content (AvgIpc) is 1.64. The second-order valence-electron chi connectivity index (χ2n) is 42.0. The summed E-state index contributed by atoms with van der Waals surface area (Å²) in [4.78, 5) is 155. The summed E-state index contributed by atoms with van der Waals surface area (Å²) in [5.41, 5.74) is 13.4. The van der Waals surface area contributed by atoms with E-state index in [0.29, 0.717) is 104 Å². The fourth-order valence-corrected chi connectivity index (χ4v) is 21.9. The number of amides is 7. The van der Waals surface area contributed by atoms with Gasteiger partial charge in [-0.2, -0.15) is 0 Å². The summed E-state index contributed by atoms with van der Waals surface area (Å²) >= 11 is 4.99. The van der Waals surface area contributed by atoms with Gasteiger partial charge in [-0.3, -0.25) is 38.4 Å². The Kier molecular flexibility index (Phi) is 32.4. The van der Waals surface area contributed by atoms with Gasteiger partial charge in [0.1, 0.15) is 46.0 Å². The van der Waals surface area contributed by atoms with Gasteiger partial charge in [0.2, 0.25) is 0 Å². The number of anilines is 4. The maximum absolute atomic E-state index is 13.5. The summed E-state index contributed by atoms with van der Waals surface area (Å²) in [6, 6.07) is 8.36. The number of carbonyl (C=O) groups excluding carboxylic acids is 8. The Morgan fingerprint density at radius 3 is 0.985 bits per heavy atom. The number of rotatable bonds is 21. The van der Waals surface area contributed by atoms with Crippen molar-refractivity contribution in [1.29, 1.82) is 0 Å². The van der Waals surface area contributed by atoms with Crippen LogP contribution in [-0.2, 0) is 0 Å². The van der Waals surface area contributed by atoms with Gasteiger partial charge >= 0.3 is 0 Å². The van der Waals surface area contributed by atoms with E-state index in [1.807, 2.05) is 106 Å². The SMILES string of the molecule is Cc1cc(NC(C)(C)C)ncc1-c1sc(C(=O)C2CC[C@H](O)C2)nc1C(=O)N1CCC[C@@H]1C.Cc1cc(NC(C)(C)C)ncc1-c1sc(C(=O)NC2CN(C)C2)nc1C(=O)N1CCC[C@@H]1C.Cc1cc(NC(C)(C)C)ncc1-c1sc(C(=O)NCC(C)(C)N)nc1C(=O)N1CCC[C@@H]1C.Cc1cc(NC(C)(C)C)ncc1-c1sc(C(=O)N[C@@H]2CCC[C@H]2O)nc1C(=O)N1CCC[C@@H]1C. The third-order valence-corrected chi connectivity index (χ3v) is 28.8. The number of thiazole rings is 4. The molecule has 1 unspecified atom stereocenters. The van der Waals surface area contributed by atoms with E-state index in [1.165, 1.54) is 45.3 Å². The molecule has 7 aliphatic rings. The first kappa shape index (κ1) is 102. The minimum atomic E-state index is -0.546. The van der Waals surface area contributed by atoms with Gasteiger partial charge in [-0.15, -0.1) is 45.3 Å². The lowest BCUT2D eigenvalue weighted by atomic mass is 10.0. The fourth-order valence-electron chi connectivity index (χ4n) is 17.6. The van der Waals surface area contributed by atoms with E-state index in [4.69, 9.17) is 5.73 Å². The highest BCUT2D eigenvalue weighted by atomic mass is 32.1. The molecular formula is C98H139N21O10S4. The molecule has 5 saturated heterocycles. The molecule has 2 aliphatic carbocycles. The number of ketones is 1. The highest BCUT2D eigenvalue weighted by molar-refractivity contribution is 7.18. The molecule has 35 heteroatoms. The van der Waals surface area contributed by atoms with Gasteiger partial charge in [0, 0.05) is 151 Å². The smallest absolute Gasteiger partial charge is 0.280 e. The summed E-state index contributed by atoms with van der Waals surface area (Å²) in [7, 11) is 2.02. The molecule has 15 rings (SSSR count). The number of hydrogen-bond acceptors (Lipinski definition) is 28. The van der Waals surface area contributed by atoms with Crippen LogP contribution in [0.2, 0.25) is 0 Å². The number of Topliss-reactive ketones (excluding diaryl/α,β-unsaturated/α-hetero) is 1. The molecule has 0 aromatic carbocycles. The molecular weight excluding hydrogens is 1760 g/mol. The standard InChI is InChI=1S/C25H35N5O3S.C25H34N4O3S.C24H34N6O2S.C24H36N6O2S/c1-14-12-19(29-25(3,4)5)26-13-16(14)21-20(24(33)30-11-7-8-15(30)2)28-23(34-21)22(32)27-17-9-6-10-18(17)31;1-14-11-19(28-25(3,4)5)26-13-18(14)22-20(24(32)29-10-6-7-15(29)2)27-23(33-22)21(31)16-8-9-17(30)12-16;1-14-10-18(28-24(3,4)5)25-11-17(14)20-19(23(32)30-9-7-8-15(30)2)27-22(33-20)21(31)26-16-12-29(6)13-16;1-14-11-17(29-23(3,4)5)26-12-16(14)19-18(22(32)30-10-8-9-15(30)2)28-21(33-19)20(31)27-13-24(6,7)25/h12-13,15,17-18,31H,6-11H2,1-5H3,(H,26,29)(H,27,32);11,13,15-17,30H,6-10,12H2,1-5H3,(H,26,28);10-11,15-16H,7-9,12-13H2,1-6H3,(H,25,28)(H,26,31);11-12,15H,8-10,13,25H2,1-7H3,(H,26,29)(H,27,31)/t15-,17+,18+;15-,16?,17-;2*15-/m0000/s1. The van der Waals surface area contributed by atoms with Crippen molar-refractivity contribution in [2.75, 3.05) is 74.1 Å². The molecule has 8 atom stereocenters. The molecule has 8 aromatic heterocycles. The molecule has 2 saturated carbocycles. The molecule has 720 valence electrons. The Bertz CT molecular complexity index is 5570. The van der Waals surface area contributed by atoms with Crippen LogP contribution >= 0.6 is 45.3 Å². The molecule has 11 N–H and O–H groups in total. The average molecular weight is 1900 g/mol. The van der Waals surface area contributed by atoms with Gasteiger partial charge < -0.3 is 77.7 Å². The van der Waals surface area contributed by atoms with E-state index in [-0.39, 0.29) is 121 Å². The van der Waals surface area contributed by atoms with Crippen LogP contribution in [0.15, 0.2) is 49.1 Å². The van der Waals surface area contributed by atoms with E-state index in [1.54, 1.807) is 24.8 Å². The Morgan fingerprint density at radius 2 is 0.722 bits per heavy atom. The Hall–Kier alpha value is -9.88. The van der Waals surface area contributed by atoms with Crippen molar-refractivity contribution in [2.24, 2.45) is 11.7 Å². The molecule has 31 nitrogen and oxygen atoms in total. The number of hydrogen-bond donors (Lipinski definition) is 10. The predicted octanol–water partition coefficient (Wildman–Crippen LogP) is 15.9. The number of aliphatic hydroxyl groups excluding tert-OH is 2. The zero-order chi connectivity index (χ0) is 97.0. The number of aliphatic hydroxyl groups is 2. The predicted molar refractivity (Wildman–Crippen MR) is 531 cm³/mol. The van der Waals surface area contributed by atoms with Crippen LogP contribution in [-0.4, -0.2) is 251 Å². The van der Waals surface area contributed by atoms with E-state index in [2.05, 4.69) is 179 Å². The Labute approximate surface area is 799 Å². The van der Waals surface area contributed by atoms with Crippen molar-refractivity contribution >= 4 is 116 Å². The van der Waals surface area contributed by atoms with Crippen molar-refractivity contribution in [2.45, 2.75) is 318 Å². The van der Waals surface area contributed by atoms with E-state index < -0.39 is 17.7 Å². The monoisotopic (exact) mass is 1900 g/mol. The first-order valence-corrected chi connectivity index (χ1v) is 50.2. The van der Waals surface area contributed by atoms with Gasteiger partial charge in [0.15, 0.2) is 25.8 Å². The van der Waals surface area contributed by atoms with Crippen LogP contribution in [0.5, 0.6) is 0 Å². The zero-order valence-corrected chi connectivity index (χ0v) is 85.1. The number of nitrogens with zero attached hydrogens (tertiary/aromatic N) is 13. The molecule has 5 aliphatic heterocycles. The normalized spacial score (nSPS) is 20.6. The van der Waals surface area contributed by atoms with Gasteiger partial charge in [-0.25, -0.2) is 39.9 Å². The summed E-state index contributed by atoms with van der Waals surface area (Å²) in [5, 5.41) is 43.5. The van der Waals surface area contributed by atoms with Gasteiger partial charge in [0.25, 0.3) is 41.4 Å². The number of likely N-dealkylation sites (tertiary alicyclic amines) is 5. The van der Waals surface area contributed by atoms with Crippen molar-refractivity contribution in [1.82, 2.24) is 80.3 Å². The second-order valence-corrected chi connectivity index (χ2v) is 45.9. The summed E-state index contributed by atoms with van der Waals surface area (Å²) in [5.74, 6) is 1.37. The van der Waals surface area contributed by atoms with Crippen molar-refractivity contribution in [3.8, 4) is 41.8 Å². The van der Waals surface area contributed by atoms with Crippen LogP contribution in [0.4, 0.5) is 23.3 Å². The minimum Gasteiger partial charge on any atom is -0.393 e. The maximum atomic E-state index is 13.5. The molecule has 13 heterocycles. The number of carbonyl (C=O) groups is 8. The number of pyridine rings is 4. The second kappa shape index (κ2) is 42.2. The van der Waals surface area contributed by atoms with E-state index in [0.717, 1.165) is 152 Å². The third-order valence-electron chi connectivity index (χ3n) is 24.5. The summed E-state index contributed by atoms with van der Waals surface area (Å²) < 4.78 is 0. The molecule has 0 bridgehead atoms. The lowest BCUT2D eigenvalue weighted by Gasteiger charge is -2.36. The van der Waals surface area contributed by atoms with Crippen molar-refractivity contribution < 1.29 is 48.6 Å². The van der Waals surface area contributed by atoms with Gasteiger partial charge in [0.05, 0.1) is 43.8 Å². The van der Waals surface area contributed by atoms with Crippen LogP contribution in [0, 0.1) is 33.6 Å². The first-order valence-electron chi connectivity index (χ1n) is 46.9. The highest BCUT2D eigenvalue weighted by Crippen LogP contribution is 2.43. The first-order chi connectivity index (χ1) is 62.3. The number of nitrogens with one attached hydrogen (secondary N) is 7. The lowest BCUT2D eigenvalue weighted by molar-refractivity contribution is 0.0734. The molecule has 8 aromatic rings. The topological polar surface area (TPSA) is 407 Å². The summed E-state index contributed by atoms with van der Waals surface area (Å²) in [6.45, 7) is 49.5. The van der Waals surface area contributed by atoms with Crippen LogP contribution in [0.1, 0.15) is 318 Å². The quantitative estimate of drug-likeness (QED) is 0.0299. The van der Waals surface area contributed by atoms with Gasteiger partial charge in [-0.1, -0.05) is 0 Å². The number of aryl methyl sites for hydroxylation is 4. The molecule has 7 amide bonds. The van der Waals surface area contributed by atoms with Crippen LogP contribution in [0.25, 0.3) is 41.8 Å². The zero-order valence-electron chi connectivity index (χ0n) is 81.8. The highest BCUT2D eigenvalue weighted by Gasteiger charge is 2.41. The number of aromatic nitrogens is 8. The number of nitrogens with two attached hydrogens (primary N) is 1. The molecule has 133 heavy (non-hydrogen) atoms. The Balaban J connectivity index is 0.000000160. The van der Waals surface area contributed by atoms with Crippen molar-refractivity contribution in [3.05, 3.63) is 114 Å². The lowest BCUT2D eigenvalue weighted by Crippen LogP contribution is -2.57.